The van der Waals surface area contributed by atoms with Gasteiger partial charge in [0.1, 0.15) is 11.6 Å². The highest BCUT2D eigenvalue weighted by Gasteiger charge is 2.26. The number of carbonyl (C=O) groups excluding carboxylic acids is 1. The van der Waals surface area contributed by atoms with Crippen LogP contribution in [0.5, 0.6) is 0 Å². The molecule has 4 rings (SSSR count). The largest absolute Gasteiger partial charge is 0.733 e. The smallest absolute Gasteiger partial charge is 0.241 e. The van der Waals surface area contributed by atoms with Crippen LogP contribution in [-0.2, 0) is 11.2 Å². The molecule has 1 saturated heterocycles. The lowest BCUT2D eigenvalue weighted by Crippen LogP contribution is -2.49. The van der Waals surface area contributed by atoms with Gasteiger partial charge in [-0.3, -0.25) is 14.9 Å². The number of aryl methyl sites for hydroxylation is 1. The third kappa shape index (κ3) is 5.82. The molecule has 0 spiro atoms. The number of carbonyl (C=O) groups is 1. The summed E-state index contributed by atoms with van der Waals surface area (Å²) in [6.45, 7) is 4.95. The quantitative estimate of drug-likeness (QED) is 0.260. The van der Waals surface area contributed by atoms with E-state index in [1.807, 2.05) is 41.1 Å². The molecule has 0 aliphatic carbocycles. The summed E-state index contributed by atoms with van der Waals surface area (Å²) >= 11 is 0. The first-order valence-electron chi connectivity index (χ1n) is 11.9. The lowest BCUT2D eigenvalue weighted by Gasteiger charge is -2.33. The fourth-order valence-corrected chi connectivity index (χ4v) is 4.03. The van der Waals surface area contributed by atoms with Gasteiger partial charge in [0, 0.05) is 31.7 Å². The van der Waals surface area contributed by atoms with E-state index >= 15 is 0 Å². The molecule has 0 bridgehead atoms. The Bertz CT molecular complexity index is 1200. The van der Waals surface area contributed by atoms with E-state index in [-0.39, 0.29) is 22.6 Å². The second-order valence-corrected chi connectivity index (χ2v) is 8.63. The Kier molecular flexibility index (Phi) is 7.84. The first-order valence-corrected chi connectivity index (χ1v) is 11.9. The summed E-state index contributed by atoms with van der Waals surface area (Å²) in [6, 6.07) is 15.0. The van der Waals surface area contributed by atoms with Gasteiger partial charge >= 0.3 is 0 Å². The summed E-state index contributed by atoms with van der Waals surface area (Å²) in [5, 5.41) is 26.1. The monoisotopic (exact) mass is 491 g/mol. The number of nitrogens with two attached hydrogens (primary N) is 1. The van der Waals surface area contributed by atoms with Crippen LogP contribution in [0.2, 0.25) is 0 Å². The normalized spacial score (nSPS) is 14.1. The number of pyridine rings is 2. The highest BCUT2D eigenvalue weighted by atomic mass is 16.8. The Balaban J connectivity index is 1.49. The van der Waals surface area contributed by atoms with E-state index in [0.29, 0.717) is 37.8 Å². The number of aromatic nitrogens is 2. The van der Waals surface area contributed by atoms with Crippen LogP contribution in [-0.4, -0.2) is 65.8 Å². The number of rotatable bonds is 9. The summed E-state index contributed by atoms with van der Waals surface area (Å²) in [4.78, 5) is 25.5. The zero-order valence-electron chi connectivity index (χ0n) is 20.4. The van der Waals surface area contributed by atoms with Gasteiger partial charge < -0.3 is 31.7 Å². The van der Waals surface area contributed by atoms with E-state index in [1.54, 1.807) is 6.07 Å². The molecular weight excluding hydrogens is 460 g/mol. The maximum atomic E-state index is 12.8. The minimum Gasteiger partial charge on any atom is -0.733 e. The van der Waals surface area contributed by atoms with Crippen LogP contribution >= 0.6 is 0 Å². The second kappa shape index (κ2) is 11.2. The first kappa shape index (κ1) is 25.2. The Morgan fingerprint density at radius 2 is 1.69 bits per heavy atom. The van der Waals surface area contributed by atoms with E-state index < -0.39 is 0 Å². The second-order valence-electron chi connectivity index (χ2n) is 8.63. The van der Waals surface area contributed by atoms with E-state index in [2.05, 4.69) is 34.7 Å². The molecule has 0 radical (unpaired) electrons. The molecule has 2 aromatic heterocycles. The number of nitrogens with one attached hydrogen (secondary N) is 2. The summed E-state index contributed by atoms with van der Waals surface area (Å²) in [5.41, 5.74) is 9.33. The highest BCUT2D eigenvalue weighted by molar-refractivity contribution is 5.99. The molecule has 1 aromatic carbocycles. The van der Waals surface area contributed by atoms with Crippen LogP contribution in [0.4, 0.5) is 28.8 Å². The van der Waals surface area contributed by atoms with Gasteiger partial charge in [-0.1, -0.05) is 31.2 Å². The molecule has 36 heavy (non-hydrogen) atoms. The van der Waals surface area contributed by atoms with Gasteiger partial charge in [-0.15, -0.1) is 0 Å². The third-order valence-corrected chi connectivity index (χ3v) is 6.06. The summed E-state index contributed by atoms with van der Waals surface area (Å²) in [7, 11) is 1.95. The van der Waals surface area contributed by atoms with Crippen molar-refractivity contribution >= 4 is 34.7 Å². The SMILES string of the molecule is CCc1ccc(-c2nc(NCCNc3ccc(N([O-])O)c(N)n3)ccc2N2CCN(C)CC2=O)cc1. The van der Waals surface area contributed by atoms with Crippen molar-refractivity contribution in [1.29, 1.82) is 0 Å². The van der Waals surface area contributed by atoms with E-state index in [4.69, 9.17) is 15.9 Å². The maximum Gasteiger partial charge on any atom is 0.241 e. The Morgan fingerprint density at radius 3 is 2.31 bits per heavy atom. The zero-order valence-corrected chi connectivity index (χ0v) is 20.4. The van der Waals surface area contributed by atoms with Crippen LogP contribution in [0, 0.1) is 5.21 Å². The molecule has 5 N–H and O–H groups in total. The lowest BCUT2D eigenvalue weighted by atomic mass is 10.0. The molecule has 11 heteroatoms. The van der Waals surface area contributed by atoms with Crippen molar-refractivity contribution in [3.63, 3.8) is 0 Å². The molecule has 1 aliphatic rings. The average molecular weight is 492 g/mol. The van der Waals surface area contributed by atoms with Crippen LogP contribution in [0.25, 0.3) is 11.3 Å². The number of piperazine rings is 1. The van der Waals surface area contributed by atoms with Crippen molar-refractivity contribution in [2.45, 2.75) is 13.3 Å². The molecule has 0 unspecified atom stereocenters. The summed E-state index contributed by atoms with van der Waals surface area (Å²) in [5.74, 6) is 1.15. The molecule has 0 atom stereocenters. The molecule has 1 fully saturated rings. The summed E-state index contributed by atoms with van der Waals surface area (Å²) < 4.78 is 0. The number of nitrogens with zero attached hydrogens (tertiary/aromatic N) is 5. The lowest BCUT2D eigenvalue weighted by molar-refractivity contribution is -0.120. The van der Waals surface area contributed by atoms with Crippen LogP contribution in [0.15, 0.2) is 48.5 Å². The van der Waals surface area contributed by atoms with Crippen LogP contribution in [0.3, 0.4) is 0 Å². The van der Waals surface area contributed by atoms with Crippen molar-refractivity contribution in [2.24, 2.45) is 0 Å². The minimum atomic E-state index is -0.313. The Labute approximate surface area is 210 Å². The van der Waals surface area contributed by atoms with Gasteiger partial charge in [0.05, 0.1) is 23.6 Å². The molecule has 3 heterocycles. The maximum absolute atomic E-state index is 12.8. The third-order valence-electron chi connectivity index (χ3n) is 6.06. The number of hydrogen-bond donors (Lipinski definition) is 4. The predicted molar refractivity (Wildman–Crippen MR) is 142 cm³/mol. The summed E-state index contributed by atoms with van der Waals surface area (Å²) in [6.07, 6.45) is 0.949. The molecule has 3 aromatic rings. The molecule has 190 valence electrons. The van der Waals surface area contributed by atoms with Gasteiger partial charge in [0.25, 0.3) is 0 Å². The number of likely N-dealkylation sites (N-methyl/N-ethyl adjacent to an activating group) is 1. The van der Waals surface area contributed by atoms with Crippen molar-refractivity contribution in [1.82, 2.24) is 14.9 Å². The van der Waals surface area contributed by atoms with Gasteiger partial charge in [-0.25, -0.2) is 9.97 Å². The van der Waals surface area contributed by atoms with Crippen LogP contribution < -0.4 is 26.5 Å². The topological polar surface area (TPSA) is 146 Å². The molecular formula is C25H31N8O3-. The Hall–Kier alpha value is -3.93. The number of hydrogen-bond acceptors (Lipinski definition) is 10. The molecule has 0 saturated carbocycles. The number of anilines is 5. The van der Waals surface area contributed by atoms with Crippen molar-refractivity contribution in [2.75, 3.05) is 66.3 Å². The number of amides is 1. The minimum absolute atomic E-state index is 0.0565. The molecule has 1 amide bonds. The predicted octanol–water partition coefficient (Wildman–Crippen LogP) is 2.78. The Morgan fingerprint density at radius 1 is 1.03 bits per heavy atom. The van der Waals surface area contributed by atoms with Gasteiger partial charge in [0.2, 0.25) is 5.91 Å². The zero-order chi connectivity index (χ0) is 25.7. The van der Waals surface area contributed by atoms with Gasteiger partial charge in [-0.2, -0.15) is 0 Å². The molecule has 11 nitrogen and oxygen atoms in total. The highest BCUT2D eigenvalue weighted by Crippen LogP contribution is 2.32. The first-order chi connectivity index (χ1) is 17.4. The van der Waals surface area contributed by atoms with Crippen LogP contribution in [0.1, 0.15) is 12.5 Å². The van der Waals surface area contributed by atoms with E-state index in [0.717, 1.165) is 29.9 Å². The molecule has 1 aliphatic heterocycles. The van der Waals surface area contributed by atoms with Crippen molar-refractivity contribution in [3.05, 3.63) is 59.3 Å². The van der Waals surface area contributed by atoms with Crippen molar-refractivity contribution in [3.8, 4) is 11.3 Å². The number of nitrogen functional groups attached to an aromatic ring is 1. The van der Waals surface area contributed by atoms with E-state index in [1.165, 1.54) is 11.6 Å². The fourth-order valence-electron chi connectivity index (χ4n) is 4.03. The van der Waals surface area contributed by atoms with Gasteiger partial charge in [-0.05, 0) is 43.3 Å². The van der Waals surface area contributed by atoms with E-state index in [9.17, 15) is 10.0 Å². The fraction of sp³-hybridized carbons (Fsp3) is 0.320. The number of benzene rings is 1. The standard InChI is InChI=1S/C25H31N8O3/c1-3-17-4-6-18(7-5-17)24-19(32-15-14-31(2)16-23(32)34)8-10-21(29-24)27-12-13-28-22-11-9-20(33(35)36)25(26)30-22/h4-11,35H,3,12-16H2,1-2H3,(H,27,29)(H3,26,28,30)/q-1. The van der Waals surface area contributed by atoms with Gasteiger partial charge in [0.15, 0.2) is 5.82 Å². The average Bonchev–Trinajstić information content (AvgIpc) is 2.87. The van der Waals surface area contributed by atoms with Crippen molar-refractivity contribution < 1.29 is 10.0 Å².